The zero-order valence-corrected chi connectivity index (χ0v) is 16.4. The Morgan fingerprint density at radius 2 is 1.73 bits per heavy atom. The van der Waals surface area contributed by atoms with Gasteiger partial charge in [-0.05, 0) is 57.4 Å². The van der Waals surface area contributed by atoms with Gasteiger partial charge in [-0.1, -0.05) is 42.5 Å². The summed E-state index contributed by atoms with van der Waals surface area (Å²) in [5.74, 6) is -1.63. The molecule has 1 N–H and O–H groups in total. The Labute approximate surface area is 172 Å². The van der Waals surface area contributed by atoms with Gasteiger partial charge in [-0.2, -0.15) is 0 Å². The molecule has 0 bridgehead atoms. The molecule has 4 rings (SSSR count). The number of carboxylic acids is 1. The van der Waals surface area contributed by atoms with Crippen LogP contribution >= 0.6 is 0 Å². The van der Waals surface area contributed by atoms with Crippen LogP contribution in [-0.4, -0.2) is 39.7 Å². The molecule has 3 aromatic carbocycles. The van der Waals surface area contributed by atoms with E-state index >= 15 is 0 Å². The topological polar surface area (TPSA) is 115 Å². The fraction of sp³-hybridized carbons (Fsp3) is 0.0476. The minimum Gasteiger partial charge on any atom is -0.478 e. The highest BCUT2D eigenvalue weighted by Crippen LogP contribution is 2.26. The molecular formula is C21H16N4O4S. The van der Waals surface area contributed by atoms with Gasteiger partial charge in [-0.25, -0.2) is 17.9 Å². The van der Waals surface area contributed by atoms with Crippen molar-refractivity contribution in [1.82, 2.24) is 20.2 Å². The molecule has 0 saturated carbocycles. The number of hydrogen-bond acceptors (Lipinski definition) is 6. The molecule has 4 aromatic rings. The predicted molar refractivity (Wildman–Crippen MR) is 109 cm³/mol. The maximum Gasteiger partial charge on any atom is 0.335 e. The Morgan fingerprint density at radius 1 is 0.933 bits per heavy atom. The van der Waals surface area contributed by atoms with Gasteiger partial charge in [0.15, 0.2) is 9.84 Å². The van der Waals surface area contributed by atoms with E-state index in [9.17, 15) is 18.3 Å². The van der Waals surface area contributed by atoms with E-state index in [4.69, 9.17) is 0 Å². The predicted octanol–water partition coefficient (Wildman–Crippen LogP) is 3.00. The summed E-state index contributed by atoms with van der Waals surface area (Å²) in [7, 11) is -3.83. The van der Waals surface area contributed by atoms with Gasteiger partial charge in [-0.3, -0.25) is 0 Å². The van der Waals surface area contributed by atoms with Gasteiger partial charge in [0.1, 0.15) is 6.33 Å². The van der Waals surface area contributed by atoms with Crippen molar-refractivity contribution in [3.63, 3.8) is 0 Å². The van der Waals surface area contributed by atoms with Crippen molar-refractivity contribution in [3.8, 4) is 16.8 Å². The first-order valence-electron chi connectivity index (χ1n) is 8.92. The molecular weight excluding hydrogens is 404 g/mol. The molecule has 0 amide bonds. The standard InChI is InChI=1S/C21H16N4O4S/c26-21(27)20-10-9-16(15-5-2-1-3-6-15)11-17(20)13-30(28,29)19-8-4-7-18(12-19)25-14-22-23-24-25/h1-12,14H,13H2,(H,26,27). The quantitative estimate of drug-likeness (QED) is 0.510. The smallest absolute Gasteiger partial charge is 0.335 e. The van der Waals surface area contributed by atoms with Crippen molar-refractivity contribution in [1.29, 1.82) is 0 Å². The lowest BCUT2D eigenvalue weighted by atomic mass is 10.00. The zero-order valence-electron chi connectivity index (χ0n) is 15.6. The Morgan fingerprint density at radius 3 is 2.43 bits per heavy atom. The third-order valence-electron chi connectivity index (χ3n) is 4.58. The van der Waals surface area contributed by atoms with Crippen LogP contribution in [0.15, 0.2) is 84.0 Å². The van der Waals surface area contributed by atoms with Crippen molar-refractivity contribution < 1.29 is 18.3 Å². The first kappa shape index (κ1) is 19.5. The minimum atomic E-state index is -3.83. The maximum absolute atomic E-state index is 13.1. The van der Waals surface area contributed by atoms with E-state index in [1.54, 1.807) is 24.3 Å². The van der Waals surface area contributed by atoms with Crippen LogP contribution in [0.1, 0.15) is 15.9 Å². The fourth-order valence-corrected chi connectivity index (χ4v) is 4.52. The van der Waals surface area contributed by atoms with Gasteiger partial charge >= 0.3 is 5.97 Å². The number of nitrogens with zero attached hydrogens (tertiary/aromatic N) is 4. The lowest BCUT2D eigenvalue weighted by Crippen LogP contribution is -2.10. The van der Waals surface area contributed by atoms with E-state index < -0.39 is 21.6 Å². The summed E-state index contributed by atoms with van der Waals surface area (Å²) in [6.07, 6.45) is 1.36. The second kappa shape index (κ2) is 7.88. The highest BCUT2D eigenvalue weighted by molar-refractivity contribution is 7.90. The maximum atomic E-state index is 13.1. The summed E-state index contributed by atoms with van der Waals surface area (Å²) < 4.78 is 27.5. The second-order valence-corrected chi connectivity index (χ2v) is 8.54. The summed E-state index contributed by atoms with van der Waals surface area (Å²) in [5, 5.41) is 20.4. The van der Waals surface area contributed by atoms with E-state index in [1.165, 1.54) is 29.2 Å². The molecule has 0 saturated heterocycles. The molecule has 0 unspecified atom stereocenters. The van der Waals surface area contributed by atoms with Gasteiger partial charge in [0, 0.05) is 0 Å². The third kappa shape index (κ3) is 3.96. The van der Waals surface area contributed by atoms with E-state index in [-0.39, 0.29) is 16.0 Å². The van der Waals surface area contributed by atoms with Crippen LogP contribution < -0.4 is 0 Å². The number of rotatable bonds is 6. The SMILES string of the molecule is O=C(O)c1ccc(-c2ccccc2)cc1CS(=O)(=O)c1cccc(-n2cnnn2)c1. The Balaban J connectivity index is 1.74. The van der Waals surface area contributed by atoms with Crippen molar-refractivity contribution in [3.05, 3.63) is 90.3 Å². The summed E-state index contributed by atoms with van der Waals surface area (Å²) in [6.45, 7) is 0. The van der Waals surface area contributed by atoms with Crippen LogP contribution in [0.25, 0.3) is 16.8 Å². The molecule has 9 heteroatoms. The zero-order chi connectivity index (χ0) is 21.1. The highest BCUT2D eigenvalue weighted by atomic mass is 32.2. The van der Waals surface area contributed by atoms with Crippen LogP contribution in [0.2, 0.25) is 0 Å². The molecule has 0 aliphatic heterocycles. The van der Waals surface area contributed by atoms with Crippen molar-refractivity contribution in [2.45, 2.75) is 10.6 Å². The molecule has 0 spiro atoms. The average Bonchev–Trinajstić information content (AvgIpc) is 3.29. The van der Waals surface area contributed by atoms with Gasteiger partial charge in [0.2, 0.25) is 0 Å². The van der Waals surface area contributed by atoms with Crippen molar-refractivity contribution in [2.24, 2.45) is 0 Å². The Hall–Kier alpha value is -3.85. The first-order chi connectivity index (χ1) is 14.4. The minimum absolute atomic E-state index is 0.0464. The Bertz CT molecular complexity index is 1300. The number of carboxylic acid groups (broad SMARTS) is 1. The number of carbonyl (C=O) groups is 1. The molecule has 30 heavy (non-hydrogen) atoms. The molecule has 0 fully saturated rings. The number of benzene rings is 3. The van der Waals surface area contributed by atoms with Crippen LogP contribution in [0.3, 0.4) is 0 Å². The van der Waals surface area contributed by atoms with Crippen LogP contribution in [0, 0.1) is 0 Å². The third-order valence-corrected chi connectivity index (χ3v) is 6.24. The van der Waals surface area contributed by atoms with Crippen molar-refractivity contribution >= 4 is 15.8 Å². The van der Waals surface area contributed by atoms with Crippen LogP contribution in [0.5, 0.6) is 0 Å². The van der Waals surface area contributed by atoms with Gasteiger partial charge in [0.05, 0.1) is 21.9 Å². The van der Waals surface area contributed by atoms with Gasteiger partial charge < -0.3 is 5.11 Å². The molecule has 150 valence electrons. The lowest BCUT2D eigenvalue weighted by Gasteiger charge is -2.11. The Kier molecular flexibility index (Phi) is 5.11. The van der Waals surface area contributed by atoms with E-state index in [1.807, 2.05) is 30.3 Å². The summed E-state index contributed by atoms with van der Waals surface area (Å²) in [6, 6.07) is 20.3. The molecule has 0 atom stereocenters. The van der Waals surface area contributed by atoms with Crippen LogP contribution in [0.4, 0.5) is 0 Å². The fourth-order valence-electron chi connectivity index (χ4n) is 3.12. The highest BCUT2D eigenvalue weighted by Gasteiger charge is 2.21. The summed E-state index contributed by atoms with van der Waals surface area (Å²) in [4.78, 5) is 11.7. The normalized spacial score (nSPS) is 11.3. The van der Waals surface area contributed by atoms with E-state index in [0.717, 1.165) is 11.1 Å². The molecule has 1 heterocycles. The summed E-state index contributed by atoms with van der Waals surface area (Å²) in [5.41, 5.74) is 2.27. The van der Waals surface area contributed by atoms with Crippen molar-refractivity contribution in [2.75, 3.05) is 0 Å². The number of tetrazole rings is 1. The summed E-state index contributed by atoms with van der Waals surface area (Å²) >= 11 is 0. The van der Waals surface area contributed by atoms with Gasteiger partial charge in [0.25, 0.3) is 0 Å². The number of sulfone groups is 1. The monoisotopic (exact) mass is 420 g/mol. The van der Waals surface area contributed by atoms with Crippen LogP contribution in [-0.2, 0) is 15.6 Å². The molecule has 0 aliphatic carbocycles. The molecule has 1 aromatic heterocycles. The lowest BCUT2D eigenvalue weighted by molar-refractivity contribution is 0.0696. The molecule has 0 aliphatic rings. The largest absolute Gasteiger partial charge is 0.478 e. The second-order valence-electron chi connectivity index (χ2n) is 6.55. The number of aromatic nitrogens is 4. The average molecular weight is 420 g/mol. The number of aromatic carboxylic acids is 1. The van der Waals surface area contributed by atoms with E-state index in [2.05, 4.69) is 15.5 Å². The molecule has 8 nitrogen and oxygen atoms in total. The first-order valence-corrected chi connectivity index (χ1v) is 10.6. The molecule has 0 radical (unpaired) electrons. The van der Waals surface area contributed by atoms with Gasteiger partial charge in [-0.15, -0.1) is 5.10 Å². The number of hydrogen-bond donors (Lipinski definition) is 1. The van der Waals surface area contributed by atoms with E-state index in [0.29, 0.717) is 5.69 Å².